The molecule has 4 nitrogen and oxygen atoms in total. The van der Waals surface area contributed by atoms with Crippen LogP contribution in [0.5, 0.6) is 0 Å². The number of carbonyl (C=O) groups is 1. The molecule has 0 bridgehead atoms. The van der Waals surface area contributed by atoms with Gasteiger partial charge in [-0.05, 0) is 44.4 Å². The zero-order chi connectivity index (χ0) is 16.2. The van der Waals surface area contributed by atoms with E-state index in [1.165, 1.54) is 12.8 Å². The lowest BCUT2D eigenvalue weighted by molar-refractivity contribution is -0.123. The molecule has 23 heavy (non-hydrogen) atoms. The molecule has 0 spiro atoms. The number of amides is 1. The van der Waals surface area contributed by atoms with Gasteiger partial charge in [0.15, 0.2) is 0 Å². The molecule has 5 heteroatoms. The third-order valence-electron chi connectivity index (χ3n) is 4.77. The van der Waals surface area contributed by atoms with Crippen LogP contribution in [-0.4, -0.2) is 54.5 Å². The molecule has 2 fully saturated rings. The lowest BCUT2D eigenvalue weighted by Crippen LogP contribution is -2.47. The van der Waals surface area contributed by atoms with Crippen molar-refractivity contribution in [3.63, 3.8) is 0 Å². The summed E-state index contributed by atoms with van der Waals surface area (Å²) < 4.78 is 0. The summed E-state index contributed by atoms with van der Waals surface area (Å²) in [5, 5.41) is 3.95. The minimum absolute atomic E-state index is 0.115. The van der Waals surface area contributed by atoms with E-state index in [1.54, 1.807) is 0 Å². The summed E-state index contributed by atoms with van der Waals surface area (Å²) in [6.45, 7) is 3.36. The van der Waals surface area contributed by atoms with Crippen LogP contribution >= 0.6 is 11.6 Å². The van der Waals surface area contributed by atoms with Crippen molar-refractivity contribution in [3.8, 4) is 0 Å². The van der Waals surface area contributed by atoms with E-state index in [4.69, 9.17) is 11.6 Å². The number of nitrogens with one attached hydrogen (secondary N) is 1. The first kappa shape index (κ1) is 16.7. The molecule has 1 aromatic rings. The summed E-state index contributed by atoms with van der Waals surface area (Å²) in [5.41, 5.74) is 1.06. The van der Waals surface area contributed by atoms with Crippen LogP contribution in [0.4, 0.5) is 0 Å². The summed E-state index contributed by atoms with van der Waals surface area (Å²) in [6.07, 6.45) is 4.89. The summed E-state index contributed by atoms with van der Waals surface area (Å²) in [4.78, 5) is 16.8. The minimum Gasteiger partial charge on any atom is -0.352 e. The Labute approximate surface area is 143 Å². The fourth-order valence-corrected chi connectivity index (χ4v) is 3.54. The molecule has 0 aromatic heterocycles. The standard InChI is InChI=1S/C18H26ClN3O/c1-21(12-14-4-2-3-5-17(14)19)13-18(23)20-15-8-10-22(11-9-15)16-6-7-16/h2-5,15-16H,6-13H2,1H3,(H,20,23). The molecule has 1 aliphatic carbocycles. The summed E-state index contributed by atoms with van der Waals surface area (Å²) >= 11 is 6.17. The van der Waals surface area contributed by atoms with Gasteiger partial charge in [0.1, 0.15) is 0 Å². The molecule has 0 atom stereocenters. The number of benzene rings is 1. The highest BCUT2D eigenvalue weighted by atomic mass is 35.5. The Bertz CT molecular complexity index is 539. The Morgan fingerprint density at radius 3 is 2.61 bits per heavy atom. The second-order valence-electron chi connectivity index (χ2n) is 6.87. The van der Waals surface area contributed by atoms with Gasteiger partial charge in [0.2, 0.25) is 5.91 Å². The smallest absolute Gasteiger partial charge is 0.234 e. The van der Waals surface area contributed by atoms with E-state index in [0.717, 1.165) is 42.6 Å². The summed E-state index contributed by atoms with van der Waals surface area (Å²) in [5.74, 6) is 0.115. The molecule has 1 amide bonds. The molecule has 1 aromatic carbocycles. The van der Waals surface area contributed by atoms with Crippen LogP contribution in [-0.2, 0) is 11.3 Å². The number of carbonyl (C=O) groups excluding carboxylic acids is 1. The van der Waals surface area contributed by atoms with Crippen molar-refractivity contribution in [3.05, 3.63) is 34.9 Å². The van der Waals surface area contributed by atoms with Gasteiger partial charge >= 0.3 is 0 Å². The zero-order valence-electron chi connectivity index (χ0n) is 13.8. The number of hydrogen-bond acceptors (Lipinski definition) is 3. The molecule has 0 radical (unpaired) electrons. The largest absolute Gasteiger partial charge is 0.352 e. The average molecular weight is 336 g/mol. The van der Waals surface area contributed by atoms with Gasteiger partial charge in [-0.3, -0.25) is 9.69 Å². The Morgan fingerprint density at radius 1 is 1.26 bits per heavy atom. The third kappa shape index (κ3) is 4.93. The molecule has 126 valence electrons. The molecule has 2 aliphatic rings. The number of likely N-dealkylation sites (tertiary alicyclic amines) is 1. The van der Waals surface area contributed by atoms with Gasteiger partial charge < -0.3 is 10.2 Å². The summed E-state index contributed by atoms with van der Waals surface area (Å²) in [7, 11) is 1.96. The first-order valence-electron chi connectivity index (χ1n) is 8.57. The zero-order valence-corrected chi connectivity index (χ0v) is 14.6. The SMILES string of the molecule is CN(CC(=O)NC1CCN(C2CC2)CC1)Cc1ccccc1Cl. The van der Waals surface area contributed by atoms with Crippen molar-refractivity contribution in [2.75, 3.05) is 26.7 Å². The third-order valence-corrected chi connectivity index (χ3v) is 5.14. The van der Waals surface area contributed by atoms with Gasteiger partial charge in [-0.1, -0.05) is 29.8 Å². The van der Waals surface area contributed by atoms with Gasteiger partial charge in [0.25, 0.3) is 0 Å². The van der Waals surface area contributed by atoms with Crippen LogP contribution in [0.1, 0.15) is 31.2 Å². The quantitative estimate of drug-likeness (QED) is 0.867. The predicted molar refractivity (Wildman–Crippen MR) is 93.5 cm³/mol. The number of halogens is 1. The molecule has 1 saturated heterocycles. The average Bonchev–Trinajstić information content (AvgIpc) is 3.35. The van der Waals surface area contributed by atoms with Gasteiger partial charge in [-0.2, -0.15) is 0 Å². The van der Waals surface area contributed by atoms with Crippen molar-refractivity contribution in [2.45, 2.75) is 44.3 Å². The van der Waals surface area contributed by atoms with E-state index in [9.17, 15) is 4.79 Å². The number of piperidine rings is 1. The lowest BCUT2D eigenvalue weighted by Gasteiger charge is -2.32. The van der Waals surface area contributed by atoms with Gasteiger partial charge in [0.05, 0.1) is 6.54 Å². The molecular formula is C18H26ClN3O. The Hall–Kier alpha value is -1.10. The topological polar surface area (TPSA) is 35.6 Å². The van der Waals surface area contributed by atoms with Gasteiger partial charge in [-0.25, -0.2) is 0 Å². The van der Waals surface area contributed by atoms with Crippen molar-refractivity contribution >= 4 is 17.5 Å². The molecule has 1 N–H and O–H groups in total. The second-order valence-corrected chi connectivity index (χ2v) is 7.28. The molecule has 1 aliphatic heterocycles. The second kappa shape index (κ2) is 7.65. The predicted octanol–water partition coefficient (Wildman–Crippen LogP) is 2.51. The minimum atomic E-state index is 0.115. The van der Waals surface area contributed by atoms with E-state index < -0.39 is 0 Å². The first-order valence-corrected chi connectivity index (χ1v) is 8.95. The van der Waals surface area contributed by atoms with E-state index >= 15 is 0 Å². The van der Waals surface area contributed by atoms with Crippen LogP contribution in [0.2, 0.25) is 5.02 Å². The fraction of sp³-hybridized carbons (Fsp3) is 0.611. The molecule has 3 rings (SSSR count). The maximum atomic E-state index is 12.2. The van der Waals surface area contributed by atoms with Crippen LogP contribution in [0.25, 0.3) is 0 Å². The van der Waals surface area contributed by atoms with Crippen molar-refractivity contribution in [1.82, 2.24) is 15.1 Å². The molecule has 1 saturated carbocycles. The number of hydrogen-bond donors (Lipinski definition) is 1. The monoisotopic (exact) mass is 335 g/mol. The van der Waals surface area contributed by atoms with Crippen LogP contribution in [0, 0.1) is 0 Å². The van der Waals surface area contributed by atoms with Gasteiger partial charge in [-0.15, -0.1) is 0 Å². The molecule has 1 heterocycles. The number of nitrogens with zero attached hydrogens (tertiary/aromatic N) is 2. The van der Waals surface area contributed by atoms with Crippen molar-refractivity contribution in [2.24, 2.45) is 0 Å². The van der Waals surface area contributed by atoms with E-state index in [2.05, 4.69) is 10.2 Å². The molecule has 0 unspecified atom stereocenters. The maximum Gasteiger partial charge on any atom is 0.234 e. The van der Waals surface area contributed by atoms with Crippen LogP contribution < -0.4 is 5.32 Å². The van der Waals surface area contributed by atoms with E-state index in [-0.39, 0.29) is 5.91 Å². The highest BCUT2D eigenvalue weighted by molar-refractivity contribution is 6.31. The highest BCUT2D eigenvalue weighted by Gasteiger charge is 2.32. The number of rotatable bonds is 6. The Balaban J connectivity index is 1.39. The maximum absolute atomic E-state index is 12.2. The molecular weight excluding hydrogens is 310 g/mol. The lowest BCUT2D eigenvalue weighted by atomic mass is 10.0. The summed E-state index contributed by atoms with van der Waals surface area (Å²) in [6, 6.07) is 8.97. The van der Waals surface area contributed by atoms with E-state index in [1.807, 2.05) is 36.2 Å². The van der Waals surface area contributed by atoms with Crippen LogP contribution in [0.15, 0.2) is 24.3 Å². The van der Waals surface area contributed by atoms with E-state index in [0.29, 0.717) is 19.1 Å². The number of likely N-dealkylation sites (N-methyl/N-ethyl adjacent to an activating group) is 1. The Kier molecular flexibility index (Phi) is 5.57. The highest BCUT2D eigenvalue weighted by Crippen LogP contribution is 2.29. The van der Waals surface area contributed by atoms with Crippen molar-refractivity contribution < 1.29 is 4.79 Å². The Morgan fingerprint density at radius 2 is 1.96 bits per heavy atom. The van der Waals surface area contributed by atoms with Crippen LogP contribution in [0.3, 0.4) is 0 Å². The first-order chi connectivity index (χ1) is 11.1. The fourth-order valence-electron chi connectivity index (χ4n) is 3.34. The normalized spacial score (nSPS) is 20.0. The van der Waals surface area contributed by atoms with Crippen molar-refractivity contribution in [1.29, 1.82) is 0 Å². The van der Waals surface area contributed by atoms with Gasteiger partial charge in [0, 0.05) is 36.7 Å².